The van der Waals surface area contributed by atoms with Crippen LogP contribution in [-0.4, -0.2) is 15.9 Å². The maximum atomic E-state index is 11.5. The molecule has 0 aliphatic carbocycles. The van der Waals surface area contributed by atoms with Crippen molar-refractivity contribution in [3.05, 3.63) is 41.3 Å². The molecule has 0 fully saturated rings. The number of carbonyl (C=O) groups excluding carboxylic acids is 1. The van der Waals surface area contributed by atoms with Crippen molar-refractivity contribution in [3.8, 4) is 0 Å². The molecule has 0 aromatic carbocycles. The molecule has 0 spiro atoms. The van der Waals surface area contributed by atoms with Crippen LogP contribution in [0.25, 0.3) is 0 Å². The van der Waals surface area contributed by atoms with E-state index in [1.807, 2.05) is 0 Å². The van der Waals surface area contributed by atoms with Gasteiger partial charge in [-0.1, -0.05) is 0 Å². The Labute approximate surface area is 90.5 Å². The number of hydrogen-bond acceptors (Lipinski definition) is 3. The summed E-state index contributed by atoms with van der Waals surface area (Å²) in [5, 5.41) is 2.77. The average Bonchev–Trinajstić information content (AvgIpc) is 2.84. The Morgan fingerprint density at radius 3 is 3.13 bits per heavy atom. The summed E-state index contributed by atoms with van der Waals surface area (Å²) in [4.78, 5) is 18.2. The predicted octanol–water partition coefficient (Wildman–Crippen LogP) is 1.59. The third kappa shape index (κ3) is 2.19. The lowest BCUT2D eigenvalue weighted by molar-refractivity contribution is 0.0950. The zero-order valence-electron chi connectivity index (χ0n) is 7.66. The second-order valence-corrected chi connectivity index (χ2v) is 3.21. The molecule has 0 radical (unpaired) electrons. The molecule has 6 heteroatoms. The van der Waals surface area contributed by atoms with Crippen molar-refractivity contribution in [3.63, 3.8) is 0 Å². The van der Waals surface area contributed by atoms with Crippen LogP contribution >= 0.6 is 11.6 Å². The minimum atomic E-state index is -0.275. The SMILES string of the molecule is O=C(NCc1cnc[nH]1)c1ccoc1Cl. The van der Waals surface area contributed by atoms with Gasteiger partial charge >= 0.3 is 0 Å². The minimum absolute atomic E-state index is 0.0945. The fourth-order valence-electron chi connectivity index (χ4n) is 1.11. The summed E-state index contributed by atoms with van der Waals surface area (Å²) in [6, 6.07) is 1.52. The number of aromatic amines is 1. The summed E-state index contributed by atoms with van der Waals surface area (Å²) in [6.45, 7) is 0.375. The maximum absolute atomic E-state index is 11.5. The van der Waals surface area contributed by atoms with Gasteiger partial charge in [0, 0.05) is 6.20 Å². The number of hydrogen-bond donors (Lipinski definition) is 2. The summed E-state index contributed by atoms with van der Waals surface area (Å²) in [7, 11) is 0. The van der Waals surface area contributed by atoms with E-state index in [9.17, 15) is 4.79 Å². The Balaban J connectivity index is 1.96. The molecule has 0 saturated heterocycles. The maximum Gasteiger partial charge on any atom is 0.256 e. The highest BCUT2D eigenvalue weighted by Gasteiger charge is 2.12. The van der Waals surface area contributed by atoms with E-state index >= 15 is 0 Å². The van der Waals surface area contributed by atoms with Gasteiger partial charge in [0.1, 0.15) is 0 Å². The van der Waals surface area contributed by atoms with Gasteiger partial charge in [0.15, 0.2) is 0 Å². The third-order valence-electron chi connectivity index (χ3n) is 1.86. The highest BCUT2D eigenvalue weighted by molar-refractivity contribution is 6.32. The van der Waals surface area contributed by atoms with Crippen molar-refractivity contribution in [2.24, 2.45) is 0 Å². The summed E-state index contributed by atoms with van der Waals surface area (Å²) in [6.07, 6.45) is 4.55. The van der Waals surface area contributed by atoms with Crippen LogP contribution in [0.5, 0.6) is 0 Å². The van der Waals surface area contributed by atoms with E-state index in [-0.39, 0.29) is 11.1 Å². The Kier molecular flexibility index (Phi) is 2.73. The first-order valence-electron chi connectivity index (χ1n) is 4.26. The lowest BCUT2D eigenvalue weighted by Gasteiger charge is -2.00. The Hall–Kier alpha value is -1.75. The molecule has 0 saturated carbocycles. The van der Waals surface area contributed by atoms with Crippen LogP contribution in [0.4, 0.5) is 0 Å². The van der Waals surface area contributed by atoms with Crippen molar-refractivity contribution in [2.75, 3.05) is 0 Å². The van der Waals surface area contributed by atoms with Gasteiger partial charge in [0.2, 0.25) is 5.22 Å². The van der Waals surface area contributed by atoms with Crippen molar-refractivity contribution >= 4 is 17.5 Å². The van der Waals surface area contributed by atoms with Crippen molar-refractivity contribution in [2.45, 2.75) is 6.54 Å². The number of H-pyrrole nitrogens is 1. The summed E-state index contributed by atoms with van der Waals surface area (Å²) < 4.78 is 4.81. The number of furan rings is 1. The third-order valence-corrected chi connectivity index (χ3v) is 2.15. The molecule has 78 valence electrons. The number of rotatable bonds is 3. The molecule has 2 rings (SSSR count). The van der Waals surface area contributed by atoms with Crippen molar-refractivity contribution < 1.29 is 9.21 Å². The van der Waals surface area contributed by atoms with Crippen LogP contribution in [0.2, 0.25) is 5.22 Å². The standard InChI is InChI=1S/C9H8ClN3O2/c10-8-7(1-2-15-8)9(14)12-4-6-3-11-5-13-6/h1-3,5H,4H2,(H,11,13)(H,12,14). The number of nitrogens with zero attached hydrogens (tertiary/aromatic N) is 1. The van der Waals surface area contributed by atoms with E-state index in [1.54, 1.807) is 12.5 Å². The van der Waals surface area contributed by atoms with Crippen LogP contribution in [-0.2, 0) is 6.54 Å². The van der Waals surface area contributed by atoms with E-state index < -0.39 is 0 Å². The highest BCUT2D eigenvalue weighted by atomic mass is 35.5. The molecule has 2 aromatic heterocycles. The second kappa shape index (κ2) is 4.18. The molecule has 15 heavy (non-hydrogen) atoms. The smallest absolute Gasteiger partial charge is 0.256 e. The van der Waals surface area contributed by atoms with Crippen molar-refractivity contribution in [1.82, 2.24) is 15.3 Å². The molecule has 1 amide bonds. The molecule has 2 heterocycles. The molecule has 5 nitrogen and oxygen atoms in total. The van der Waals surface area contributed by atoms with Gasteiger partial charge < -0.3 is 14.7 Å². The molecule has 0 aliphatic rings. The summed E-state index contributed by atoms with van der Waals surface area (Å²) >= 11 is 5.65. The normalized spacial score (nSPS) is 10.2. The number of carbonyl (C=O) groups is 1. The number of amides is 1. The molecular weight excluding hydrogens is 218 g/mol. The predicted molar refractivity (Wildman–Crippen MR) is 53.5 cm³/mol. The van der Waals surface area contributed by atoms with Gasteiger partial charge in [0.05, 0.1) is 30.4 Å². The Morgan fingerprint density at radius 2 is 2.53 bits per heavy atom. The van der Waals surface area contributed by atoms with Gasteiger partial charge in [-0.3, -0.25) is 4.79 Å². The van der Waals surface area contributed by atoms with Crippen LogP contribution < -0.4 is 5.32 Å². The van der Waals surface area contributed by atoms with Gasteiger partial charge in [-0.15, -0.1) is 0 Å². The largest absolute Gasteiger partial charge is 0.452 e. The second-order valence-electron chi connectivity index (χ2n) is 2.87. The molecule has 0 bridgehead atoms. The van der Waals surface area contributed by atoms with Crippen LogP contribution in [0.15, 0.2) is 29.3 Å². The first kappa shape index (κ1) is 9.79. The van der Waals surface area contributed by atoms with E-state index in [0.717, 1.165) is 5.69 Å². The van der Waals surface area contributed by atoms with Crippen molar-refractivity contribution in [1.29, 1.82) is 0 Å². The summed E-state index contributed by atoms with van der Waals surface area (Å²) in [5.41, 5.74) is 1.15. The number of nitrogens with one attached hydrogen (secondary N) is 2. The highest BCUT2D eigenvalue weighted by Crippen LogP contribution is 2.16. The van der Waals surface area contributed by atoms with E-state index in [4.69, 9.17) is 16.0 Å². The first-order valence-corrected chi connectivity index (χ1v) is 4.63. The zero-order chi connectivity index (χ0) is 10.7. The zero-order valence-corrected chi connectivity index (χ0v) is 8.41. The monoisotopic (exact) mass is 225 g/mol. The first-order chi connectivity index (χ1) is 7.27. The lowest BCUT2D eigenvalue weighted by atomic mass is 10.3. The molecule has 2 N–H and O–H groups in total. The minimum Gasteiger partial charge on any atom is -0.452 e. The lowest BCUT2D eigenvalue weighted by Crippen LogP contribution is -2.22. The van der Waals surface area contributed by atoms with Crippen LogP contribution in [0, 0.1) is 0 Å². The Bertz CT molecular complexity index is 450. The molecule has 2 aromatic rings. The Morgan fingerprint density at radius 1 is 1.67 bits per heavy atom. The molecule has 0 aliphatic heterocycles. The number of imidazole rings is 1. The molecule has 0 atom stereocenters. The van der Waals surface area contributed by atoms with Gasteiger partial charge in [-0.2, -0.15) is 0 Å². The van der Waals surface area contributed by atoms with Gasteiger partial charge in [-0.25, -0.2) is 4.98 Å². The number of halogens is 1. The van der Waals surface area contributed by atoms with E-state index in [1.165, 1.54) is 12.3 Å². The summed E-state index contributed by atoms with van der Waals surface area (Å²) in [5.74, 6) is -0.275. The topological polar surface area (TPSA) is 70.9 Å². The van der Waals surface area contributed by atoms with Gasteiger partial charge in [-0.05, 0) is 17.7 Å². The fourth-order valence-corrected chi connectivity index (χ4v) is 1.31. The fraction of sp³-hybridized carbons (Fsp3) is 0.111. The van der Waals surface area contributed by atoms with Crippen LogP contribution in [0.3, 0.4) is 0 Å². The van der Waals surface area contributed by atoms with E-state index in [2.05, 4.69) is 15.3 Å². The average molecular weight is 226 g/mol. The van der Waals surface area contributed by atoms with Gasteiger partial charge in [0.25, 0.3) is 5.91 Å². The molecule has 0 unspecified atom stereocenters. The van der Waals surface area contributed by atoms with Crippen LogP contribution in [0.1, 0.15) is 16.1 Å². The number of aromatic nitrogens is 2. The quantitative estimate of drug-likeness (QED) is 0.833. The van der Waals surface area contributed by atoms with E-state index in [0.29, 0.717) is 12.1 Å². The molecular formula is C9H8ClN3O2.